The van der Waals surface area contributed by atoms with Crippen LogP contribution in [0.3, 0.4) is 0 Å². The van der Waals surface area contributed by atoms with Crippen molar-refractivity contribution in [3.63, 3.8) is 0 Å². The molecule has 8 nitrogen and oxygen atoms in total. The SMILES string of the molecule is CC[C@@H](C(=O)NC1CCCC1)N(Cc1ccccc1C)C(=O)CN(c1cc(C)ccc1C)S(=O)(=O)N(C)C. The fourth-order valence-electron chi connectivity index (χ4n) is 4.95. The molecule has 1 fully saturated rings. The van der Waals surface area contributed by atoms with Gasteiger partial charge in [-0.25, -0.2) is 4.31 Å². The summed E-state index contributed by atoms with van der Waals surface area (Å²) < 4.78 is 29.2. The monoisotopic (exact) mass is 542 g/mol. The quantitative estimate of drug-likeness (QED) is 0.463. The van der Waals surface area contributed by atoms with Crippen LogP contribution in [0.2, 0.25) is 0 Å². The molecule has 0 aromatic heterocycles. The molecule has 38 heavy (non-hydrogen) atoms. The highest BCUT2D eigenvalue weighted by Gasteiger charge is 2.35. The van der Waals surface area contributed by atoms with Gasteiger partial charge >= 0.3 is 10.2 Å². The third-order valence-corrected chi connectivity index (χ3v) is 9.15. The van der Waals surface area contributed by atoms with E-state index in [4.69, 9.17) is 0 Å². The van der Waals surface area contributed by atoms with Gasteiger partial charge in [0.1, 0.15) is 12.6 Å². The molecule has 2 aromatic rings. The number of nitrogens with zero attached hydrogens (tertiary/aromatic N) is 3. The summed E-state index contributed by atoms with van der Waals surface area (Å²) in [7, 11) is -1.09. The van der Waals surface area contributed by atoms with Crippen LogP contribution in [0.25, 0.3) is 0 Å². The fraction of sp³-hybridized carbons (Fsp3) is 0.517. The zero-order valence-corrected chi connectivity index (χ0v) is 24.3. The van der Waals surface area contributed by atoms with Crippen molar-refractivity contribution in [2.24, 2.45) is 0 Å². The predicted octanol–water partition coefficient (Wildman–Crippen LogP) is 4.09. The van der Waals surface area contributed by atoms with E-state index in [0.29, 0.717) is 12.1 Å². The second kappa shape index (κ2) is 12.8. The summed E-state index contributed by atoms with van der Waals surface area (Å²) in [6.07, 6.45) is 4.46. The first kappa shape index (κ1) is 29.6. The maximum Gasteiger partial charge on any atom is 0.304 e. The van der Waals surface area contributed by atoms with Crippen molar-refractivity contribution in [1.29, 1.82) is 0 Å². The smallest absolute Gasteiger partial charge is 0.304 e. The summed E-state index contributed by atoms with van der Waals surface area (Å²) in [4.78, 5) is 29.1. The van der Waals surface area contributed by atoms with Gasteiger partial charge in [-0.2, -0.15) is 12.7 Å². The van der Waals surface area contributed by atoms with Crippen molar-refractivity contribution < 1.29 is 18.0 Å². The zero-order valence-electron chi connectivity index (χ0n) is 23.5. The molecular weight excluding hydrogens is 500 g/mol. The molecule has 2 amide bonds. The fourth-order valence-corrected chi connectivity index (χ4v) is 6.06. The second-order valence-electron chi connectivity index (χ2n) is 10.4. The number of carbonyl (C=O) groups is 2. The Hall–Kier alpha value is -2.91. The van der Waals surface area contributed by atoms with Crippen molar-refractivity contribution in [2.75, 3.05) is 24.9 Å². The number of aryl methyl sites for hydroxylation is 3. The van der Waals surface area contributed by atoms with Crippen LogP contribution in [0.5, 0.6) is 0 Å². The Labute approximate surface area is 228 Å². The van der Waals surface area contributed by atoms with E-state index in [1.807, 2.05) is 64.1 Å². The van der Waals surface area contributed by atoms with E-state index in [1.165, 1.54) is 14.1 Å². The lowest BCUT2D eigenvalue weighted by Crippen LogP contribution is -2.54. The van der Waals surface area contributed by atoms with Crippen LogP contribution in [0, 0.1) is 20.8 Å². The molecule has 9 heteroatoms. The predicted molar refractivity (Wildman–Crippen MR) is 152 cm³/mol. The molecule has 0 spiro atoms. The average molecular weight is 543 g/mol. The molecule has 1 atom stereocenters. The van der Waals surface area contributed by atoms with Gasteiger partial charge in [-0.05, 0) is 68.4 Å². The molecule has 2 aromatic carbocycles. The normalized spacial score (nSPS) is 14.9. The van der Waals surface area contributed by atoms with Crippen molar-refractivity contribution in [3.05, 3.63) is 64.7 Å². The van der Waals surface area contributed by atoms with Crippen LogP contribution in [-0.4, -0.2) is 62.2 Å². The first-order valence-electron chi connectivity index (χ1n) is 13.4. The maximum absolute atomic E-state index is 14.1. The van der Waals surface area contributed by atoms with E-state index >= 15 is 0 Å². The molecule has 1 N–H and O–H groups in total. The van der Waals surface area contributed by atoms with Gasteiger partial charge in [-0.1, -0.05) is 56.2 Å². The number of nitrogens with one attached hydrogen (secondary N) is 1. The van der Waals surface area contributed by atoms with Crippen molar-refractivity contribution >= 4 is 27.7 Å². The summed E-state index contributed by atoms with van der Waals surface area (Å²) in [5, 5.41) is 3.14. The second-order valence-corrected chi connectivity index (χ2v) is 12.5. The van der Waals surface area contributed by atoms with Gasteiger partial charge in [0.15, 0.2) is 0 Å². The minimum Gasteiger partial charge on any atom is -0.352 e. The Bertz CT molecular complexity index is 1240. The molecule has 0 bridgehead atoms. The van der Waals surface area contributed by atoms with Gasteiger partial charge in [-0.15, -0.1) is 0 Å². The van der Waals surface area contributed by atoms with Gasteiger partial charge in [0.05, 0.1) is 5.69 Å². The number of rotatable bonds is 11. The van der Waals surface area contributed by atoms with Gasteiger partial charge < -0.3 is 10.2 Å². The molecule has 0 saturated heterocycles. The van der Waals surface area contributed by atoms with Crippen LogP contribution in [0.4, 0.5) is 5.69 Å². The number of hydrogen-bond donors (Lipinski definition) is 1. The molecule has 1 aliphatic carbocycles. The lowest BCUT2D eigenvalue weighted by molar-refractivity contribution is -0.140. The maximum atomic E-state index is 14.1. The third kappa shape index (κ3) is 6.94. The molecule has 0 heterocycles. The lowest BCUT2D eigenvalue weighted by atomic mass is 10.1. The van der Waals surface area contributed by atoms with E-state index in [-0.39, 0.29) is 18.5 Å². The Kier molecular flexibility index (Phi) is 9.95. The lowest BCUT2D eigenvalue weighted by Gasteiger charge is -2.35. The van der Waals surface area contributed by atoms with E-state index < -0.39 is 28.7 Å². The van der Waals surface area contributed by atoms with Gasteiger partial charge in [0, 0.05) is 26.7 Å². The van der Waals surface area contributed by atoms with Crippen LogP contribution in [0.15, 0.2) is 42.5 Å². The Morgan fingerprint density at radius 3 is 2.26 bits per heavy atom. The summed E-state index contributed by atoms with van der Waals surface area (Å²) in [6.45, 7) is 7.36. The highest BCUT2D eigenvalue weighted by molar-refractivity contribution is 7.90. The molecule has 1 saturated carbocycles. The van der Waals surface area contributed by atoms with Crippen LogP contribution in [0.1, 0.15) is 61.3 Å². The van der Waals surface area contributed by atoms with Crippen molar-refractivity contribution in [2.45, 2.75) is 78.4 Å². The number of hydrogen-bond acceptors (Lipinski definition) is 4. The molecule has 3 rings (SSSR count). The summed E-state index contributed by atoms with van der Waals surface area (Å²) in [5.41, 5.74) is 4.00. The largest absolute Gasteiger partial charge is 0.352 e. The van der Waals surface area contributed by atoms with Gasteiger partial charge in [0.2, 0.25) is 11.8 Å². The zero-order chi connectivity index (χ0) is 28.0. The van der Waals surface area contributed by atoms with Gasteiger partial charge in [-0.3, -0.25) is 9.59 Å². The third-order valence-electron chi connectivity index (χ3n) is 7.34. The van der Waals surface area contributed by atoms with E-state index in [0.717, 1.165) is 56.5 Å². The molecular formula is C29H42N4O4S. The Morgan fingerprint density at radius 2 is 1.66 bits per heavy atom. The molecule has 1 aliphatic rings. The highest BCUT2D eigenvalue weighted by atomic mass is 32.2. The van der Waals surface area contributed by atoms with Gasteiger partial charge in [0.25, 0.3) is 0 Å². The first-order chi connectivity index (χ1) is 17.9. The Balaban J connectivity index is 2.01. The summed E-state index contributed by atoms with van der Waals surface area (Å²) in [6, 6.07) is 12.7. The van der Waals surface area contributed by atoms with Crippen LogP contribution < -0.4 is 9.62 Å². The van der Waals surface area contributed by atoms with E-state index in [9.17, 15) is 18.0 Å². The molecule has 0 radical (unpaired) electrons. The van der Waals surface area contributed by atoms with Crippen LogP contribution in [-0.2, 0) is 26.3 Å². The first-order valence-corrected chi connectivity index (χ1v) is 14.8. The molecule has 0 aliphatic heterocycles. The molecule has 208 valence electrons. The number of carbonyl (C=O) groups excluding carboxylic acids is 2. The molecule has 0 unspecified atom stereocenters. The van der Waals surface area contributed by atoms with Crippen molar-refractivity contribution in [1.82, 2.24) is 14.5 Å². The van der Waals surface area contributed by atoms with E-state index in [1.54, 1.807) is 11.0 Å². The van der Waals surface area contributed by atoms with Crippen molar-refractivity contribution in [3.8, 4) is 0 Å². The number of benzene rings is 2. The van der Waals surface area contributed by atoms with E-state index in [2.05, 4.69) is 5.32 Å². The Morgan fingerprint density at radius 1 is 1.00 bits per heavy atom. The minimum atomic E-state index is -3.99. The average Bonchev–Trinajstić information content (AvgIpc) is 3.37. The summed E-state index contributed by atoms with van der Waals surface area (Å²) >= 11 is 0. The standard InChI is InChI=1S/C29H42N4O4S/c1-7-26(29(35)30-25-14-10-11-15-25)32(19-24-13-9-8-12-22(24)3)28(34)20-33(38(36,37)31(5)6)27-18-21(2)16-17-23(27)4/h8-9,12-13,16-18,25-26H,7,10-11,14-15,19-20H2,1-6H3,(H,30,35)/t26-/m0/s1. The number of anilines is 1. The minimum absolute atomic E-state index is 0.118. The topological polar surface area (TPSA) is 90.0 Å². The number of amides is 2. The van der Waals surface area contributed by atoms with Crippen LogP contribution >= 0.6 is 0 Å². The highest BCUT2D eigenvalue weighted by Crippen LogP contribution is 2.26. The summed E-state index contributed by atoms with van der Waals surface area (Å²) in [5.74, 6) is -0.608.